The number of unbranched alkanes of at least 4 members (excludes halogenated alkanes) is 1. The number of aliphatic hydroxyl groups excluding tert-OH is 2. The summed E-state index contributed by atoms with van der Waals surface area (Å²) in [4.78, 5) is 12.6. The first-order valence-electron chi connectivity index (χ1n) is 18.0. The number of hydrogen-bond acceptors (Lipinski definition) is 8. The zero-order chi connectivity index (χ0) is 35.1. The molecule has 1 aliphatic carbocycles. The molecule has 8 nitrogen and oxygen atoms in total. The molecule has 0 amide bonds. The zero-order valence-electron chi connectivity index (χ0n) is 30.2. The Morgan fingerprint density at radius 2 is 1.36 bits per heavy atom. The molecule has 1 saturated carbocycles. The van der Waals surface area contributed by atoms with Crippen LogP contribution in [-0.4, -0.2) is 79.0 Å². The Bertz CT molecular complexity index is 1160. The molecular weight excluding hydrogens is 649 g/mol. The van der Waals surface area contributed by atoms with E-state index >= 15 is 0 Å². The second kappa shape index (κ2) is 19.7. The second-order valence-corrected chi connectivity index (χ2v) is 25.3. The molecule has 0 bridgehead atoms. The molecule has 2 rings (SSSR count). The fraction of sp³-hybridized carbons (Fsp3) is 0.750. The number of benzene rings is 1. The quantitative estimate of drug-likeness (QED) is 0.0518. The third-order valence-electron chi connectivity index (χ3n) is 10.8. The molecule has 270 valence electrons. The molecule has 47 heavy (non-hydrogen) atoms. The van der Waals surface area contributed by atoms with Crippen LogP contribution in [0.3, 0.4) is 0 Å². The van der Waals surface area contributed by atoms with E-state index in [0.717, 1.165) is 42.7 Å². The second-order valence-electron chi connectivity index (χ2n) is 13.8. The molecule has 1 aromatic carbocycles. The van der Waals surface area contributed by atoms with Crippen LogP contribution < -0.4 is 0 Å². The summed E-state index contributed by atoms with van der Waals surface area (Å²) in [5.74, 6) is -0.501. The molecule has 1 aliphatic rings. The molecule has 0 heterocycles. The van der Waals surface area contributed by atoms with Crippen LogP contribution in [0.5, 0.6) is 0 Å². The van der Waals surface area contributed by atoms with Crippen LogP contribution in [0.2, 0.25) is 36.3 Å². The third-order valence-corrected chi connectivity index (χ3v) is 22.0. The standard InChI is InChI=1S/C36H64O8SSi2/c1-8-46(9-2,10-3)43-33-25-34(44-47(11-4,12-5)13-6)32(26-45(40,41)30-21-17-16-18-22-30)31(33)23-19-14-15-20-24-35(39)42-29-36(7,27-37)28-38/h14,16-19,21-22,31-34,37-38H,8-13,15,20,23-29H2,1-7H3/t31-,32-,33+,34-/m1/s1. The Labute approximate surface area is 287 Å². The summed E-state index contributed by atoms with van der Waals surface area (Å²) in [5.41, 5.74) is -0.844. The van der Waals surface area contributed by atoms with Crippen molar-refractivity contribution in [3.63, 3.8) is 0 Å². The Hall–Kier alpha value is -1.35. The molecule has 0 aromatic heterocycles. The van der Waals surface area contributed by atoms with Gasteiger partial charge in [0.05, 0.1) is 36.1 Å². The minimum Gasteiger partial charge on any atom is -0.465 e. The van der Waals surface area contributed by atoms with Gasteiger partial charge in [0.1, 0.15) is 6.61 Å². The number of esters is 1. The molecule has 1 fully saturated rings. The molecular formula is C36H64O8SSi2. The number of rotatable bonds is 23. The average molecular weight is 713 g/mol. The topological polar surface area (TPSA) is 119 Å². The number of ether oxygens (including phenoxy) is 1. The van der Waals surface area contributed by atoms with E-state index in [-0.39, 0.29) is 62.0 Å². The van der Waals surface area contributed by atoms with Crippen LogP contribution in [0.1, 0.15) is 80.6 Å². The summed E-state index contributed by atoms with van der Waals surface area (Å²) in [5, 5.41) is 18.9. The largest absolute Gasteiger partial charge is 0.465 e. The summed E-state index contributed by atoms with van der Waals surface area (Å²) < 4.78 is 47.4. The smallest absolute Gasteiger partial charge is 0.305 e. The minimum atomic E-state index is -3.55. The Morgan fingerprint density at radius 3 is 1.85 bits per heavy atom. The van der Waals surface area contributed by atoms with E-state index < -0.39 is 31.9 Å². The lowest BCUT2D eigenvalue weighted by molar-refractivity contribution is -0.149. The van der Waals surface area contributed by atoms with E-state index in [0.29, 0.717) is 24.2 Å². The lowest BCUT2D eigenvalue weighted by atomic mass is 9.92. The maximum absolute atomic E-state index is 13.9. The predicted octanol–water partition coefficient (Wildman–Crippen LogP) is 7.53. The van der Waals surface area contributed by atoms with E-state index in [2.05, 4.69) is 53.7 Å². The van der Waals surface area contributed by atoms with Gasteiger partial charge < -0.3 is 23.8 Å². The van der Waals surface area contributed by atoms with Gasteiger partial charge in [0.25, 0.3) is 0 Å². The van der Waals surface area contributed by atoms with Crippen molar-refractivity contribution in [2.75, 3.05) is 25.6 Å². The number of hydrogen-bond donors (Lipinski definition) is 2. The van der Waals surface area contributed by atoms with Crippen LogP contribution in [0.25, 0.3) is 0 Å². The lowest BCUT2D eigenvalue weighted by Gasteiger charge is -2.35. The molecule has 11 heteroatoms. The summed E-state index contributed by atoms with van der Waals surface area (Å²) in [6.07, 6.45) is 6.96. The molecule has 4 atom stereocenters. The minimum absolute atomic E-state index is 0.00290. The van der Waals surface area contributed by atoms with Gasteiger partial charge in [-0.1, -0.05) is 78.8 Å². The highest BCUT2D eigenvalue weighted by molar-refractivity contribution is 7.91. The van der Waals surface area contributed by atoms with Crippen LogP contribution in [0.15, 0.2) is 47.4 Å². The van der Waals surface area contributed by atoms with Crippen LogP contribution in [0.4, 0.5) is 0 Å². The van der Waals surface area contributed by atoms with Crippen molar-refractivity contribution in [2.45, 2.75) is 134 Å². The molecule has 0 aliphatic heterocycles. The summed E-state index contributed by atoms with van der Waals surface area (Å²) in [6, 6.07) is 14.9. The zero-order valence-corrected chi connectivity index (χ0v) is 33.0. The highest BCUT2D eigenvalue weighted by Gasteiger charge is 2.50. The fourth-order valence-corrected chi connectivity index (χ4v) is 14.3. The number of carbonyl (C=O) groups excluding carboxylic acids is 1. The van der Waals surface area contributed by atoms with Crippen molar-refractivity contribution in [3.8, 4) is 0 Å². The van der Waals surface area contributed by atoms with Crippen molar-refractivity contribution < 1.29 is 37.0 Å². The lowest BCUT2D eigenvalue weighted by Crippen LogP contribution is -2.43. The van der Waals surface area contributed by atoms with E-state index in [1.165, 1.54) is 0 Å². The van der Waals surface area contributed by atoms with Crippen molar-refractivity contribution in [2.24, 2.45) is 17.3 Å². The Kier molecular flexibility index (Phi) is 17.6. The first-order valence-corrected chi connectivity index (χ1v) is 24.7. The van der Waals surface area contributed by atoms with Gasteiger partial charge in [-0.3, -0.25) is 4.79 Å². The van der Waals surface area contributed by atoms with Crippen molar-refractivity contribution in [1.82, 2.24) is 0 Å². The number of carbonyl (C=O) groups is 1. The maximum Gasteiger partial charge on any atom is 0.305 e. The van der Waals surface area contributed by atoms with Gasteiger partial charge in [0.15, 0.2) is 26.5 Å². The fourth-order valence-electron chi connectivity index (χ4n) is 6.78. The first-order chi connectivity index (χ1) is 22.3. The maximum atomic E-state index is 13.9. The van der Waals surface area contributed by atoms with Gasteiger partial charge in [-0.15, -0.1) is 0 Å². The molecule has 1 aromatic rings. The van der Waals surface area contributed by atoms with Gasteiger partial charge in [-0.25, -0.2) is 8.42 Å². The van der Waals surface area contributed by atoms with Gasteiger partial charge in [0, 0.05) is 17.8 Å². The van der Waals surface area contributed by atoms with E-state index in [4.69, 9.17) is 13.6 Å². The Balaban J connectivity index is 2.33. The molecule has 0 radical (unpaired) electrons. The van der Waals surface area contributed by atoms with Crippen molar-refractivity contribution in [1.29, 1.82) is 0 Å². The average Bonchev–Trinajstić information content (AvgIpc) is 3.40. The number of aliphatic hydroxyl groups is 2. The van der Waals surface area contributed by atoms with E-state index in [1.54, 1.807) is 31.2 Å². The third kappa shape index (κ3) is 11.9. The number of sulfone groups is 1. The van der Waals surface area contributed by atoms with E-state index in [9.17, 15) is 23.4 Å². The summed E-state index contributed by atoms with van der Waals surface area (Å²) >= 11 is 0. The predicted molar refractivity (Wildman–Crippen MR) is 195 cm³/mol. The monoisotopic (exact) mass is 712 g/mol. The molecule has 0 saturated heterocycles. The van der Waals surface area contributed by atoms with Gasteiger partial charge in [0.2, 0.25) is 0 Å². The molecule has 2 N–H and O–H groups in total. The molecule has 0 spiro atoms. The molecule has 0 unspecified atom stereocenters. The van der Waals surface area contributed by atoms with Crippen LogP contribution in [0, 0.1) is 17.3 Å². The number of allylic oxidation sites excluding steroid dienone is 2. The van der Waals surface area contributed by atoms with E-state index in [1.807, 2.05) is 6.07 Å². The van der Waals surface area contributed by atoms with Crippen molar-refractivity contribution in [3.05, 3.63) is 42.5 Å². The van der Waals surface area contributed by atoms with Gasteiger partial charge >= 0.3 is 5.97 Å². The van der Waals surface area contributed by atoms with Gasteiger partial charge in [-0.2, -0.15) is 0 Å². The first kappa shape index (κ1) is 41.8. The van der Waals surface area contributed by atoms with Crippen LogP contribution >= 0.6 is 0 Å². The summed E-state index contributed by atoms with van der Waals surface area (Å²) in [6.45, 7) is 14.5. The van der Waals surface area contributed by atoms with Crippen molar-refractivity contribution >= 4 is 32.4 Å². The Morgan fingerprint density at radius 1 is 0.851 bits per heavy atom. The van der Waals surface area contributed by atoms with Gasteiger partial charge in [-0.05, 0) is 80.0 Å². The highest BCUT2D eigenvalue weighted by atomic mass is 32.2. The highest BCUT2D eigenvalue weighted by Crippen LogP contribution is 2.45. The summed E-state index contributed by atoms with van der Waals surface area (Å²) in [7, 11) is -7.58. The normalized spacial score (nSPS) is 21.0. The SMILES string of the molecule is CC[Si](CC)(CC)O[C@H]1C[C@@H](O[Si](CC)(CC)CC)[C@H](CS(=O)(=O)c2ccccc2)[C@H]1CC=CCCCC(=O)OCC(C)(CO)CO. The van der Waals surface area contributed by atoms with Crippen LogP contribution in [-0.2, 0) is 28.2 Å².